The number of likely N-dealkylation sites (N-methyl/N-ethyl adjacent to an activating group) is 1. The molecule has 112 valence electrons. The van der Waals surface area contributed by atoms with Crippen LogP contribution in [0, 0.1) is 5.92 Å². The molecule has 1 atom stereocenters. The number of anilines is 1. The van der Waals surface area contributed by atoms with Gasteiger partial charge in [0.2, 0.25) is 5.91 Å². The summed E-state index contributed by atoms with van der Waals surface area (Å²) in [5.74, 6) is 0.965. The predicted octanol–water partition coefficient (Wildman–Crippen LogP) is 2.36. The van der Waals surface area contributed by atoms with Crippen LogP contribution in [0.1, 0.15) is 30.7 Å². The van der Waals surface area contributed by atoms with Gasteiger partial charge in [0.25, 0.3) is 0 Å². The second kappa shape index (κ2) is 5.60. The minimum absolute atomic E-state index is 0.0105. The second-order valence-corrected chi connectivity index (χ2v) is 6.82. The molecule has 0 bridgehead atoms. The summed E-state index contributed by atoms with van der Waals surface area (Å²) in [6.07, 6.45) is 5.01. The van der Waals surface area contributed by atoms with E-state index in [-0.39, 0.29) is 17.9 Å². The first-order chi connectivity index (χ1) is 10.1. The SMILES string of the molecule is CNC(=O)C(Nc1ncnc2sc3c(c12)CCC3)C(C)C. The minimum Gasteiger partial charge on any atom is -0.358 e. The molecule has 5 nitrogen and oxygen atoms in total. The van der Waals surface area contributed by atoms with Crippen LogP contribution in [0.4, 0.5) is 5.82 Å². The highest BCUT2D eigenvalue weighted by molar-refractivity contribution is 7.19. The summed E-state index contributed by atoms with van der Waals surface area (Å²) in [6, 6.07) is -0.287. The van der Waals surface area contributed by atoms with E-state index in [0.29, 0.717) is 0 Å². The number of carbonyl (C=O) groups is 1. The van der Waals surface area contributed by atoms with E-state index in [0.717, 1.165) is 28.9 Å². The van der Waals surface area contributed by atoms with E-state index >= 15 is 0 Å². The molecule has 0 spiro atoms. The zero-order valence-electron chi connectivity index (χ0n) is 12.6. The number of aryl methyl sites for hydroxylation is 2. The largest absolute Gasteiger partial charge is 0.358 e. The van der Waals surface area contributed by atoms with E-state index in [1.54, 1.807) is 24.7 Å². The lowest BCUT2D eigenvalue weighted by Crippen LogP contribution is -2.41. The number of hydrogen-bond donors (Lipinski definition) is 2. The van der Waals surface area contributed by atoms with E-state index in [2.05, 4.69) is 20.6 Å². The van der Waals surface area contributed by atoms with Crippen molar-refractivity contribution < 1.29 is 4.79 Å². The quantitative estimate of drug-likeness (QED) is 0.910. The van der Waals surface area contributed by atoms with Crippen molar-refractivity contribution in [2.45, 2.75) is 39.2 Å². The van der Waals surface area contributed by atoms with Crippen molar-refractivity contribution in [3.8, 4) is 0 Å². The Kier molecular flexibility index (Phi) is 3.80. The van der Waals surface area contributed by atoms with E-state index in [4.69, 9.17) is 0 Å². The van der Waals surface area contributed by atoms with Crippen LogP contribution in [-0.2, 0) is 17.6 Å². The highest BCUT2D eigenvalue weighted by atomic mass is 32.1. The summed E-state index contributed by atoms with van der Waals surface area (Å²) in [7, 11) is 1.66. The summed E-state index contributed by atoms with van der Waals surface area (Å²) in [5.41, 5.74) is 1.37. The number of nitrogens with zero attached hydrogens (tertiary/aromatic N) is 2. The zero-order valence-corrected chi connectivity index (χ0v) is 13.4. The lowest BCUT2D eigenvalue weighted by molar-refractivity contribution is -0.122. The molecule has 0 fully saturated rings. The van der Waals surface area contributed by atoms with Crippen LogP contribution in [0.5, 0.6) is 0 Å². The topological polar surface area (TPSA) is 66.9 Å². The monoisotopic (exact) mass is 304 g/mol. The maximum atomic E-state index is 12.1. The maximum absolute atomic E-state index is 12.1. The molecule has 3 rings (SSSR count). The zero-order chi connectivity index (χ0) is 15.0. The fourth-order valence-electron chi connectivity index (χ4n) is 2.88. The van der Waals surface area contributed by atoms with Crippen LogP contribution in [-0.4, -0.2) is 29.0 Å². The number of amides is 1. The molecule has 1 amide bonds. The summed E-state index contributed by atoms with van der Waals surface area (Å²) < 4.78 is 0. The van der Waals surface area contributed by atoms with Crippen molar-refractivity contribution in [3.63, 3.8) is 0 Å². The van der Waals surface area contributed by atoms with Gasteiger partial charge >= 0.3 is 0 Å². The summed E-state index contributed by atoms with van der Waals surface area (Å²) in [4.78, 5) is 23.3. The third-order valence-corrected chi connectivity index (χ3v) is 5.19. The van der Waals surface area contributed by atoms with E-state index in [1.165, 1.54) is 16.9 Å². The molecular weight excluding hydrogens is 284 g/mol. The molecule has 0 aliphatic heterocycles. The molecule has 1 aliphatic rings. The molecule has 2 heterocycles. The van der Waals surface area contributed by atoms with Crippen LogP contribution in [0.2, 0.25) is 0 Å². The van der Waals surface area contributed by atoms with Gasteiger partial charge in [-0.1, -0.05) is 13.8 Å². The minimum atomic E-state index is -0.287. The normalized spacial score (nSPS) is 15.2. The molecular formula is C15H20N4OS. The molecule has 0 radical (unpaired) electrons. The number of fused-ring (bicyclic) bond motifs is 3. The number of nitrogens with one attached hydrogen (secondary N) is 2. The van der Waals surface area contributed by atoms with Crippen molar-refractivity contribution in [3.05, 3.63) is 16.8 Å². The van der Waals surface area contributed by atoms with Gasteiger partial charge in [-0.05, 0) is 30.7 Å². The Morgan fingerprint density at radius 1 is 1.33 bits per heavy atom. The van der Waals surface area contributed by atoms with Crippen LogP contribution >= 0.6 is 11.3 Å². The molecule has 21 heavy (non-hydrogen) atoms. The molecule has 1 unspecified atom stereocenters. The molecule has 2 N–H and O–H groups in total. The first-order valence-corrected chi connectivity index (χ1v) is 8.16. The summed E-state index contributed by atoms with van der Waals surface area (Å²) in [6.45, 7) is 4.06. The van der Waals surface area contributed by atoms with Crippen LogP contribution in [0.3, 0.4) is 0 Å². The average molecular weight is 304 g/mol. The van der Waals surface area contributed by atoms with Gasteiger partial charge in [0.15, 0.2) is 0 Å². The lowest BCUT2D eigenvalue weighted by Gasteiger charge is -2.21. The molecule has 2 aromatic heterocycles. The first-order valence-electron chi connectivity index (χ1n) is 7.35. The fraction of sp³-hybridized carbons (Fsp3) is 0.533. The molecule has 0 aromatic carbocycles. The third-order valence-electron chi connectivity index (χ3n) is 3.99. The molecule has 0 saturated carbocycles. The molecule has 2 aromatic rings. The number of thiophene rings is 1. The Morgan fingerprint density at radius 2 is 2.14 bits per heavy atom. The van der Waals surface area contributed by atoms with Crippen molar-refractivity contribution in [2.24, 2.45) is 5.92 Å². The number of hydrogen-bond acceptors (Lipinski definition) is 5. The van der Waals surface area contributed by atoms with E-state index in [9.17, 15) is 4.79 Å². The van der Waals surface area contributed by atoms with Crippen molar-refractivity contribution in [1.82, 2.24) is 15.3 Å². The Bertz CT molecular complexity index is 680. The first kappa shape index (κ1) is 14.3. The Balaban J connectivity index is 2.02. The number of aromatic nitrogens is 2. The van der Waals surface area contributed by atoms with Gasteiger partial charge in [-0.3, -0.25) is 4.79 Å². The average Bonchev–Trinajstić information content (AvgIpc) is 3.03. The van der Waals surface area contributed by atoms with Crippen molar-refractivity contribution >= 4 is 33.3 Å². The fourth-order valence-corrected chi connectivity index (χ4v) is 4.10. The second-order valence-electron chi connectivity index (χ2n) is 5.74. The Labute approximate surface area is 128 Å². The summed E-state index contributed by atoms with van der Waals surface area (Å²) >= 11 is 1.76. The van der Waals surface area contributed by atoms with Gasteiger partial charge in [0, 0.05) is 11.9 Å². The summed E-state index contributed by atoms with van der Waals surface area (Å²) in [5, 5.41) is 7.17. The van der Waals surface area contributed by atoms with Gasteiger partial charge in [-0.15, -0.1) is 11.3 Å². The highest BCUT2D eigenvalue weighted by Crippen LogP contribution is 2.39. The lowest BCUT2D eigenvalue weighted by atomic mass is 10.0. The van der Waals surface area contributed by atoms with Crippen molar-refractivity contribution in [1.29, 1.82) is 0 Å². The smallest absolute Gasteiger partial charge is 0.242 e. The van der Waals surface area contributed by atoms with Crippen molar-refractivity contribution in [2.75, 3.05) is 12.4 Å². The van der Waals surface area contributed by atoms with E-state index < -0.39 is 0 Å². The van der Waals surface area contributed by atoms with Crippen LogP contribution < -0.4 is 10.6 Å². The van der Waals surface area contributed by atoms with Gasteiger partial charge < -0.3 is 10.6 Å². The van der Waals surface area contributed by atoms with Gasteiger partial charge in [0.05, 0.1) is 5.39 Å². The van der Waals surface area contributed by atoms with Crippen LogP contribution in [0.25, 0.3) is 10.2 Å². The third kappa shape index (κ3) is 2.48. The predicted molar refractivity (Wildman–Crippen MR) is 85.8 cm³/mol. The standard InChI is InChI=1S/C15H20N4OS/c1-8(2)12(14(20)16-3)19-13-11-9-5-4-6-10(9)21-15(11)18-7-17-13/h7-8,12H,4-6H2,1-3H3,(H,16,20)(H,17,18,19). The Hall–Kier alpha value is -1.69. The van der Waals surface area contributed by atoms with E-state index in [1.807, 2.05) is 13.8 Å². The van der Waals surface area contributed by atoms with Gasteiger partial charge in [0.1, 0.15) is 23.0 Å². The molecule has 0 saturated heterocycles. The Morgan fingerprint density at radius 3 is 2.86 bits per heavy atom. The van der Waals surface area contributed by atoms with Crippen LogP contribution in [0.15, 0.2) is 6.33 Å². The maximum Gasteiger partial charge on any atom is 0.242 e. The molecule has 1 aliphatic carbocycles. The number of rotatable bonds is 4. The van der Waals surface area contributed by atoms with Gasteiger partial charge in [-0.25, -0.2) is 9.97 Å². The number of carbonyl (C=O) groups excluding carboxylic acids is 1. The van der Waals surface area contributed by atoms with Gasteiger partial charge in [-0.2, -0.15) is 0 Å². The molecule has 6 heteroatoms. The highest BCUT2D eigenvalue weighted by Gasteiger charge is 2.25.